The second-order valence-electron chi connectivity index (χ2n) is 11.1. The number of rotatable bonds is 8. The minimum atomic E-state index is -1.05. The molecule has 0 aromatic heterocycles. The molecule has 5 atom stereocenters. The molecule has 2 aliphatic rings. The molecule has 0 aliphatic carbocycles. The maximum atomic E-state index is 14.0. The van der Waals surface area contributed by atoms with Crippen LogP contribution in [0.4, 0.5) is 8.78 Å². The largest absolute Gasteiger partial charge is 0.493 e. The van der Waals surface area contributed by atoms with Crippen LogP contribution in [0, 0.1) is 23.0 Å². The molecule has 0 spiro atoms. The lowest BCUT2D eigenvalue weighted by molar-refractivity contribution is -0.145. The Morgan fingerprint density at radius 1 is 1.16 bits per heavy atom. The Hall–Kier alpha value is -3.08. The molecule has 1 aromatic rings. The van der Waals surface area contributed by atoms with Crippen molar-refractivity contribution in [2.75, 3.05) is 26.7 Å². The molecular weight excluding hydrogens is 486 g/mol. The lowest BCUT2D eigenvalue weighted by atomic mass is 9.83. The number of benzene rings is 1. The molecule has 2 fully saturated rings. The van der Waals surface area contributed by atoms with Gasteiger partial charge in [0, 0.05) is 32.0 Å². The van der Waals surface area contributed by atoms with Crippen molar-refractivity contribution >= 4 is 23.5 Å². The van der Waals surface area contributed by atoms with Gasteiger partial charge in [-0.2, -0.15) is 0 Å². The van der Waals surface area contributed by atoms with E-state index in [0.717, 1.165) is 12.1 Å². The van der Waals surface area contributed by atoms with Gasteiger partial charge in [0.2, 0.25) is 17.6 Å². The lowest BCUT2D eigenvalue weighted by Gasteiger charge is -2.42. The minimum absolute atomic E-state index is 0.0193. The van der Waals surface area contributed by atoms with Gasteiger partial charge in [0.25, 0.3) is 5.91 Å². The van der Waals surface area contributed by atoms with Crippen molar-refractivity contribution in [3.63, 3.8) is 0 Å². The molecule has 204 valence electrons. The summed E-state index contributed by atoms with van der Waals surface area (Å²) in [6, 6.07) is 0.965. The highest BCUT2D eigenvalue weighted by molar-refractivity contribution is 6.35. The van der Waals surface area contributed by atoms with E-state index in [1.54, 1.807) is 23.8 Å². The fraction of sp³-hybridized carbons (Fsp3) is 0.615. The van der Waals surface area contributed by atoms with Crippen molar-refractivity contribution < 1.29 is 32.7 Å². The van der Waals surface area contributed by atoms with Crippen LogP contribution in [0.25, 0.3) is 0 Å². The first kappa shape index (κ1) is 28.5. The number of likely N-dealkylation sites (tertiary alicyclic amines) is 2. The molecule has 2 N–H and O–H groups in total. The Morgan fingerprint density at radius 2 is 1.81 bits per heavy atom. The van der Waals surface area contributed by atoms with Crippen molar-refractivity contribution in [2.45, 2.75) is 65.2 Å². The third-order valence-corrected chi connectivity index (χ3v) is 7.42. The number of halogens is 2. The van der Waals surface area contributed by atoms with Crippen LogP contribution < -0.4 is 10.5 Å². The van der Waals surface area contributed by atoms with Gasteiger partial charge in [-0.15, -0.1) is 0 Å². The van der Waals surface area contributed by atoms with E-state index in [4.69, 9.17) is 10.5 Å². The maximum absolute atomic E-state index is 14.0. The van der Waals surface area contributed by atoms with Crippen LogP contribution in [-0.2, 0) is 19.2 Å². The van der Waals surface area contributed by atoms with E-state index in [1.807, 2.05) is 20.8 Å². The average molecular weight is 523 g/mol. The molecule has 0 saturated carbocycles. The third-order valence-electron chi connectivity index (χ3n) is 7.42. The summed E-state index contributed by atoms with van der Waals surface area (Å²) in [7, 11) is 1.68. The average Bonchev–Trinajstić information content (AvgIpc) is 3.38. The molecule has 3 rings (SSSR count). The topological polar surface area (TPSA) is 113 Å². The van der Waals surface area contributed by atoms with E-state index >= 15 is 0 Å². The molecule has 2 heterocycles. The molecular formula is C26H36F2N4O5. The lowest BCUT2D eigenvalue weighted by Crippen LogP contribution is -2.59. The van der Waals surface area contributed by atoms with Crippen LogP contribution in [0.5, 0.6) is 5.75 Å². The number of nitrogens with zero attached hydrogens (tertiary/aromatic N) is 3. The number of ketones is 1. The monoisotopic (exact) mass is 522 g/mol. The van der Waals surface area contributed by atoms with Gasteiger partial charge in [0.1, 0.15) is 5.75 Å². The Morgan fingerprint density at radius 3 is 2.35 bits per heavy atom. The third kappa shape index (κ3) is 5.76. The smallest absolute Gasteiger partial charge is 0.289 e. The number of ether oxygens (including phenoxy) is 1. The van der Waals surface area contributed by atoms with E-state index < -0.39 is 58.8 Å². The van der Waals surface area contributed by atoms with Crippen LogP contribution in [0.3, 0.4) is 0 Å². The highest BCUT2D eigenvalue weighted by Crippen LogP contribution is 2.38. The summed E-state index contributed by atoms with van der Waals surface area (Å²) < 4.78 is 32.8. The zero-order chi connectivity index (χ0) is 27.8. The Bertz CT molecular complexity index is 1080. The van der Waals surface area contributed by atoms with Gasteiger partial charge < -0.3 is 20.3 Å². The molecule has 5 unspecified atom stereocenters. The molecule has 0 bridgehead atoms. The first-order chi connectivity index (χ1) is 17.1. The number of primary amides is 1. The molecule has 3 amide bonds. The van der Waals surface area contributed by atoms with E-state index in [9.17, 15) is 28.0 Å². The van der Waals surface area contributed by atoms with Crippen LogP contribution in [0.15, 0.2) is 18.2 Å². The number of likely N-dealkylation sites (N-methyl/N-ethyl adjacent to an activating group) is 1. The van der Waals surface area contributed by atoms with E-state index in [-0.39, 0.29) is 30.7 Å². The number of carbonyl (C=O) groups excluding carboxylic acids is 4. The summed E-state index contributed by atoms with van der Waals surface area (Å²) in [6.45, 7) is 9.09. The van der Waals surface area contributed by atoms with Crippen molar-refractivity contribution in [3.8, 4) is 5.75 Å². The highest BCUT2D eigenvalue weighted by atomic mass is 19.2. The van der Waals surface area contributed by atoms with Gasteiger partial charge in [0.15, 0.2) is 11.6 Å². The zero-order valence-electron chi connectivity index (χ0n) is 22.2. The maximum Gasteiger partial charge on any atom is 0.289 e. The second-order valence-corrected chi connectivity index (χ2v) is 11.1. The van der Waals surface area contributed by atoms with E-state index in [2.05, 4.69) is 0 Å². The second kappa shape index (κ2) is 10.7. The number of amides is 3. The fourth-order valence-corrected chi connectivity index (χ4v) is 5.55. The minimum Gasteiger partial charge on any atom is -0.493 e. The van der Waals surface area contributed by atoms with Gasteiger partial charge in [0.05, 0.1) is 30.8 Å². The van der Waals surface area contributed by atoms with Crippen LogP contribution in [0.2, 0.25) is 0 Å². The first-order valence-electron chi connectivity index (χ1n) is 12.4. The molecule has 37 heavy (non-hydrogen) atoms. The van der Waals surface area contributed by atoms with Gasteiger partial charge in [-0.05, 0) is 37.9 Å². The Kier molecular flexibility index (Phi) is 8.26. The predicted molar refractivity (Wildman–Crippen MR) is 131 cm³/mol. The van der Waals surface area contributed by atoms with Crippen molar-refractivity contribution in [2.24, 2.45) is 17.1 Å². The van der Waals surface area contributed by atoms with E-state index in [0.29, 0.717) is 13.0 Å². The summed E-state index contributed by atoms with van der Waals surface area (Å²) in [5, 5.41) is 0. The van der Waals surface area contributed by atoms with Gasteiger partial charge in [-0.1, -0.05) is 20.8 Å². The normalized spacial score (nSPS) is 23.1. The summed E-state index contributed by atoms with van der Waals surface area (Å²) in [5.74, 6) is -4.32. The highest BCUT2D eigenvalue weighted by Gasteiger charge is 2.54. The molecule has 9 nitrogen and oxygen atoms in total. The molecule has 1 aromatic carbocycles. The SMILES string of the molecule is CC(=O)C(=O)N1CC(COc2ccc(F)c(F)c2)C2C1CCN2C(=O)C(N(C)C(C)C(N)=O)C(C)(C)C. The summed E-state index contributed by atoms with van der Waals surface area (Å²) in [5.41, 5.74) is 4.97. The quantitative estimate of drug-likeness (QED) is 0.519. The predicted octanol–water partition coefficient (Wildman–Crippen LogP) is 1.58. The van der Waals surface area contributed by atoms with Gasteiger partial charge >= 0.3 is 0 Å². The summed E-state index contributed by atoms with van der Waals surface area (Å²) in [6.07, 6.45) is 0.475. The Labute approximate surface area is 215 Å². The molecule has 2 aliphatic heterocycles. The number of hydrogen-bond donors (Lipinski definition) is 1. The van der Waals surface area contributed by atoms with Crippen molar-refractivity contribution in [1.82, 2.24) is 14.7 Å². The first-order valence-corrected chi connectivity index (χ1v) is 12.4. The molecule has 2 saturated heterocycles. The van der Waals surface area contributed by atoms with Crippen LogP contribution >= 0.6 is 0 Å². The van der Waals surface area contributed by atoms with Crippen molar-refractivity contribution in [1.29, 1.82) is 0 Å². The molecule has 0 radical (unpaired) electrons. The number of hydrogen-bond acceptors (Lipinski definition) is 6. The number of Topliss-reactive ketones (excluding diaryl/α,β-unsaturated/α-hetero) is 1. The summed E-state index contributed by atoms with van der Waals surface area (Å²) in [4.78, 5) is 55.5. The number of fused-ring (bicyclic) bond motifs is 1. The van der Waals surface area contributed by atoms with Crippen LogP contribution in [-0.4, -0.2) is 89.1 Å². The number of carbonyl (C=O) groups is 4. The van der Waals surface area contributed by atoms with Gasteiger partial charge in [-0.25, -0.2) is 8.78 Å². The fourth-order valence-electron chi connectivity index (χ4n) is 5.55. The van der Waals surface area contributed by atoms with Crippen LogP contribution in [0.1, 0.15) is 41.0 Å². The van der Waals surface area contributed by atoms with Gasteiger partial charge in [-0.3, -0.25) is 24.1 Å². The molecule has 11 heteroatoms. The number of nitrogens with two attached hydrogens (primary N) is 1. The summed E-state index contributed by atoms with van der Waals surface area (Å²) >= 11 is 0. The zero-order valence-corrected chi connectivity index (χ0v) is 22.2. The Balaban J connectivity index is 1.92. The standard InChI is InChI=1S/C26H36F2N4O5/c1-14(23(29)34)30(6)22(26(3,4)5)25(36)31-10-9-20-21(31)16(12-32(20)24(35)15(2)33)13-37-17-7-8-18(27)19(28)11-17/h7-8,11,14,16,20-22H,9-10,12-13H2,1-6H3,(H2,29,34). The van der Waals surface area contributed by atoms with Crippen molar-refractivity contribution in [3.05, 3.63) is 29.8 Å². The van der Waals surface area contributed by atoms with E-state index in [1.165, 1.54) is 17.9 Å².